The van der Waals surface area contributed by atoms with Gasteiger partial charge in [-0.25, -0.2) is 0 Å². The number of pyridine rings is 1. The maximum atomic E-state index is 13.6. The van der Waals surface area contributed by atoms with Crippen LogP contribution in [0.25, 0.3) is 10.9 Å². The van der Waals surface area contributed by atoms with Gasteiger partial charge in [0, 0.05) is 60.6 Å². The standard InChI is InChI=1S/C25H26Cl2N4O3/c1-14-15-2-6-28-22(15)17(23(32)29-14)11-30-7-3-16-18(26)10-19(21(27)20(16)24(30)33)31-12-25(13-31)4-8-34-9-5-25/h2,6,10,28H,3-5,7-9,11-13H2,1H3,(H,29,32). The third-order valence-corrected chi connectivity index (χ3v) is 8.47. The molecule has 2 saturated heterocycles. The molecule has 0 saturated carbocycles. The van der Waals surface area contributed by atoms with Gasteiger partial charge in [0.1, 0.15) is 0 Å². The number of aryl methyl sites for hydroxylation is 1. The number of nitrogens with zero attached hydrogens (tertiary/aromatic N) is 2. The molecule has 3 aliphatic heterocycles. The molecule has 0 unspecified atom stereocenters. The molecule has 0 radical (unpaired) electrons. The van der Waals surface area contributed by atoms with E-state index >= 15 is 0 Å². The van der Waals surface area contributed by atoms with E-state index in [2.05, 4.69) is 14.9 Å². The van der Waals surface area contributed by atoms with Gasteiger partial charge in [0.15, 0.2) is 0 Å². The van der Waals surface area contributed by atoms with Crippen LogP contribution >= 0.6 is 23.2 Å². The number of carbonyl (C=O) groups is 1. The Kier molecular flexibility index (Phi) is 5.20. The number of nitrogens with one attached hydrogen (secondary N) is 2. The molecule has 178 valence electrons. The smallest absolute Gasteiger partial charge is 0.256 e. The van der Waals surface area contributed by atoms with E-state index in [4.69, 9.17) is 27.9 Å². The molecule has 3 aliphatic rings. The van der Waals surface area contributed by atoms with E-state index in [0.717, 1.165) is 67.0 Å². The lowest BCUT2D eigenvalue weighted by Crippen LogP contribution is -2.58. The number of carbonyl (C=O) groups excluding carboxylic acids is 1. The second-order valence-corrected chi connectivity index (χ2v) is 10.6. The van der Waals surface area contributed by atoms with E-state index in [1.165, 1.54) is 0 Å². The number of amides is 1. The summed E-state index contributed by atoms with van der Waals surface area (Å²) in [6.07, 6.45) is 4.50. The summed E-state index contributed by atoms with van der Waals surface area (Å²) in [7, 11) is 0. The zero-order valence-electron chi connectivity index (χ0n) is 19.0. The topological polar surface area (TPSA) is 81.4 Å². The number of halogens is 2. The predicted octanol–water partition coefficient (Wildman–Crippen LogP) is 4.29. The molecule has 5 heterocycles. The number of anilines is 1. The fraction of sp³-hybridized carbons (Fsp3) is 0.440. The van der Waals surface area contributed by atoms with Crippen LogP contribution in [-0.4, -0.2) is 53.6 Å². The lowest BCUT2D eigenvalue weighted by Gasteiger charge is -2.53. The molecular formula is C25H26Cl2N4O3. The summed E-state index contributed by atoms with van der Waals surface area (Å²) in [6, 6.07) is 3.84. The number of H-pyrrole nitrogens is 2. The van der Waals surface area contributed by atoms with Crippen molar-refractivity contribution in [1.29, 1.82) is 0 Å². The zero-order valence-corrected chi connectivity index (χ0v) is 20.5. The van der Waals surface area contributed by atoms with Gasteiger partial charge in [0.2, 0.25) is 0 Å². The van der Waals surface area contributed by atoms with Gasteiger partial charge in [-0.05, 0) is 43.9 Å². The van der Waals surface area contributed by atoms with E-state index in [-0.39, 0.29) is 23.4 Å². The number of fused-ring (bicyclic) bond motifs is 2. The molecule has 2 aromatic heterocycles. The number of aromatic nitrogens is 2. The molecule has 34 heavy (non-hydrogen) atoms. The van der Waals surface area contributed by atoms with Crippen molar-refractivity contribution in [2.45, 2.75) is 32.7 Å². The molecule has 0 bridgehead atoms. The Hall–Kier alpha value is -2.48. The van der Waals surface area contributed by atoms with Gasteiger partial charge in [0.05, 0.1) is 33.9 Å². The van der Waals surface area contributed by atoms with Crippen LogP contribution in [0.3, 0.4) is 0 Å². The Morgan fingerprint density at radius 2 is 1.94 bits per heavy atom. The van der Waals surface area contributed by atoms with E-state index in [0.29, 0.717) is 34.1 Å². The molecule has 3 aromatic rings. The second-order valence-electron chi connectivity index (χ2n) is 9.81. The zero-order chi connectivity index (χ0) is 23.6. The Bertz CT molecular complexity index is 1360. The molecule has 2 fully saturated rings. The van der Waals surface area contributed by atoms with Gasteiger partial charge in [-0.15, -0.1) is 0 Å². The first-order valence-electron chi connectivity index (χ1n) is 11.7. The maximum Gasteiger partial charge on any atom is 0.256 e. The molecule has 0 aliphatic carbocycles. The van der Waals surface area contributed by atoms with Gasteiger partial charge >= 0.3 is 0 Å². The van der Waals surface area contributed by atoms with Crippen molar-refractivity contribution >= 4 is 45.7 Å². The monoisotopic (exact) mass is 500 g/mol. The van der Waals surface area contributed by atoms with Gasteiger partial charge < -0.3 is 24.5 Å². The van der Waals surface area contributed by atoms with E-state index in [1.54, 1.807) is 4.90 Å². The van der Waals surface area contributed by atoms with Crippen LogP contribution < -0.4 is 10.5 Å². The highest BCUT2D eigenvalue weighted by Gasteiger charge is 2.45. The highest BCUT2D eigenvalue weighted by Crippen LogP contribution is 2.47. The van der Waals surface area contributed by atoms with E-state index in [9.17, 15) is 9.59 Å². The number of aromatic amines is 2. The summed E-state index contributed by atoms with van der Waals surface area (Å²) in [5, 5.41) is 1.98. The number of hydrogen-bond acceptors (Lipinski definition) is 4. The first-order valence-corrected chi connectivity index (χ1v) is 12.4. The van der Waals surface area contributed by atoms with Crippen LogP contribution in [0.5, 0.6) is 0 Å². The Labute approximate surface area is 207 Å². The third-order valence-electron chi connectivity index (χ3n) is 7.75. The average Bonchev–Trinajstić information content (AvgIpc) is 3.29. The Morgan fingerprint density at radius 1 is 1.18 bits per heavy atom. The number of rotatable bonds is 3. The molecule has 1 spiro atoms. The predicted molar refractivity (Wildman–Crippen MR) is 133 cm³/mol. The summed E-state index contributed by atoms with van der Waals surface area (Å²) in [5.41, 5.74) is 4.27. The molecular weight excluding hydrogens is 475 g/mol. The molecule has 1 aromatic carbocycles. The van der Waals surface area contributed by atoms with Crippen LogP contribution in [0.4, 0.5) is 5.69 Å². The minimum absolute atomic E-state index is 0.184. The highest BCUT2D eigenvalue weighted by molar-refractivity contribution is 6.39. The number of benzene rings is 1. The molecule has 1 amide bonds. The van der Waals surface area contributed by atoms with Crippen molar-refractivity contribution in [2.24, 2.45) is 5.41 Å². The Morgan fingerprint density at radius 3 is 2.71 bits per heavy atom. The Balaban J connectivity index is 1.32. The van der Waals surface area contributed by atoms with Crippen molar-refractivity contribution in [3.05, 3.63) is 61.1 Å². The molecule has 7 nitrogen and oxygen atoms in total. The summed E-state index contributed by atoms with van der Waals surface area (Å²) in [6.45, 7) is 5.93. The van der Waals surface area contributed by atoms with Crippen LogP contribution in [0.1, 0.15) is 40.0 Å². The summed E-state index contributed by atoms with van der Waals surface area (Å²) in [5.74, 6) is -0.184. The number of hydrogen-bond donors (Lipinski definition) is 2. The minimum Gasteiger partial charge on any atom is -0.381 e. The lowest BCUT2D eigenvalue weighted by atomic mass is 9.73. The quantitative estimate of drug-likeness (QED) is 0.561. The minimum atomic E-state index is -0.189. The van der Waals surface area contributed by atoms with Crippen LogP contribution in [0.2, 0.25) is 10.0 Å². The summed E-state index contributed by atoms with van der Waals surface area (Å²) >= 11 is 13.5. The highest BCUT2D eigenvalue weighted by atomic mass is 35.5. The lowest BCUT2D eigenvalue weighted by molar-refractivity contribution is -0.000186. The molecule has 2 N–H and O–H groups in total. The average molecular weight is 501 g/mol. The summed E-state index contributed by atoms with van der Waals surface area (Å²) < 4.78 is 5.53. The fourth-order valence-electron chi connectivity index (χ4n) is 5.76. The molecule has 9 heteroatoms. The first kappa shape index (κ1) is 22.0. The third kappa shape index (κ3) is 3.36. The maximum absolute atomic E-state index is 13.6. The van der Waals surface area contributed by atoms with E-state index < -0.39 is 0 Å². The van der Waals surface area contributed by atoms with Gasteiger partial charge in [0.25, 0.3) is 11.5 Å². The molecule has 6 rings (SSSR count). The normalized spacial score (nSPS) is 19.6. The SMILES string of the molecule is Cc1[nH]c(=O)c(CN2CCc3c(Cl)cc(N4CC5(CCOCC5)C4)c(Cl)c3C2=O)c2[nH]ccc12. The van der Waals surface area contributed by atoms with E-state index in [1.807, 2.05) is 25.3 Å². The van der Waals surface area contributed by atoms with Crippen LogP contribution in [-0.2, 0) is 17.7 Å². The van der Waals surface area contributed by atoms with Crippen LogP contribution in [0.15, 0.2) is 23.1 Å². The van der Waals surface area contributed by atoms with Crippen LogP contribution in [0, 0.1) is 12.3 Å². The van der Waals surface area contributed by atoms with Crippen molar-refractivity contribution in [3.8, 4) is 0 Å². The van der Waals surface area contributed by atoms with Gasteiger partial charge in [-0.3, -0.25) is 9.59 Å². The van der Waals surface area contributed by atoms with Crippen molar-refractivity contribution in [2.75, 3.05) is 37.7 Å². The van der Waals surface area contributed by atoms with Crippen molar-refractivity contribution in [3.63, 3.8) is 0 Å². The number of ether oxygens (including phenoxy) is 1. The molecule has 0 atom stereocenters. The van der Waals surface area contributed by atoms with Crippen molar-refractivity contribution < 1.29 is 9.53 Å². The van der Waals surface area contributed by atoms with Crippen molar-refractivity contribution in [1.82, 2.24) is 14.9 Å². The largest absolute Gasteiger partial charge is 0.381 e. The van der Waals surface area contributed by atoms with Gasteiger partial charge in [-0.1, -0.05) is 23.2 Å². The summed E-state index contributed by atoms with van der Waals surface area (Å²) in [4.78, 5) is 36.4. The fourth-order valence-corrected chi connectivity index (χ4v) is 6.42. The first-order chi connectivity index (χ1) is 16.4. The van der Waals surface area contributed by atoms with Gasteiger partial charge in [-0.2, -0.15) is 0 Å². The second kappa shape index (κ2) is 8.04.